The molecule has 20 heavy (non-hydrogen) atoms. The van der Waals surface area contributed by atoms with Crippen molar-refractivity contribution in [1.29, 1.82) is 0 Å². The minimum absolute atomic E-state index is 0.0127. The molecule has 4 nitrogen and oxygen atoms in total. The Labute approximate surface area is 113 Å². The van der Waals surface area contributed by atoms with Crippen molar-refractivity contribution in [2.75, 3.05) is 11.1 Å². The van der Waals surface area contributed by atoms with E-state index in [0.717, 1.165) is 6.07 Å². The first-order valence-corrected chi connectivity index (χ1v) is 5.72. The minimum Gasteiger partial charge on any atom is -0.508 e. The number of nitrogen functional groups attached to an aromatic ring is 1. The van der Waals surface area contributed by atoms with Crippen LogP contribution >= 0.6 is 0 Å². The SMILES string of the molecule is Nc1ccc(O)c(CNc2cccc(C(F)(F)F)n2)c1. The Hall–Kier alpha value is -2.44. The van der Waals surface area contributed by atoms with Crippen molar-refractivity contribution < 1.29 is 18.3 Å². The Morgan fingerprint density at radius 3 is 2.65 bits per heavy atom. The summed E-state index contributed by atoms with van der Waals surface area (Å²) < 4.78 is 37.5. The number of alkyl halides is 3. The molecule has 0 fully saturated rings. The third-order valence-corrected chi connectivity index (χ3v) is 2.60. The molecule has 0 spiro atoms. The summed E-state index contributed by atoms with van der Waals surface area (Å²) in [6.45, 7) is 0.116. The highest BCUT2D eigenvalue weighted by Crippen LogP contribution is 2.28. The van der Waals surface area contributed by atoms with Crippen LogP contribution in [0, 0.1) is 0 Å². The molecule has 0 atom stereocenters. The van der Waals surface area contributed by atoms with Crippen molar-refractivity contribution in [2.45, 2.75) is 12.7 Å². The van der Waals surface area contributed by atoms with Crippen LogP contribution < -0.4 is 11.1 Å². The van der Waals surface area contributed by atoms with Crippen molar-refractivity contribution in [2.24, 2.45) is 0 Å². The molecule has 0 amide bonds. The van der Waals surface area contributed by atoms with Crippen LogP contribution in [0.15, 0.2) is 36.4 Å². The van der Waals surface area contributed by atoms with Crippen LogP contribution in [0.2, 0.25) is 0 Å². The van der Waals surface area contributed by atoms with Crippen molar-refractivity contribution in [3.63, 3.8) is 0 Å². The van der Waals surface area contributed by atoms with Gasteiger partial charge in [0.25, 0.3) is 0 Å². The van der Waals surface area contributed by atoms with Gasteiger partial charge < -0.3 is 16.2 Å². The van der Waals surface area contributed by atoms with Crippen LogP contribution in [-0.2, 0) is 12.7 Å². The number of benzene rings is 1. The first-order chi connectivity index (χ1) is 9.36. The highest BCUT2D eigenvalue weighted by molar-refractivity contribution is 5.49. The van der Waals surface area contributed by atoms with Gasteiger partial charge in [0.2, 0.25) is 0 Å². The van der Waals surface area contributed by atoms with E-state index in [1.807, 2.05) is 0 Å². The molecule has 1 aromatic heterocycles. The fraction of sp³-hybridized carbons (Fsp3) is 0.154. The van der Waals surface area contributed by atoms with Crippen LogP contribution in [0.1, 0.15) is 11.3 Å². The number of anilines is 2. The molecule has 0 aliphatic rings. The maximum absolute atomic E-state index is 12.5. The van der Waals surface area contributed by atoms with Crippen LogP contribution in [0.5, 0.6) is 5.75 Å². The van der Waals surface area contributed by atoms with E-state index in [2.05, 4.69) is 10.3 Å². The Bertz CT molecular complexity index is 614. The van der Waals surface area contributed by atoms with Crippen molar-refractivity contribution >= 4 is 11.5 Å². The molecule has 7 heteroatoms. The molecule has 0 radical (unpaired) electrons. The standard InChI is InChI=1S/C13H12F3N3O/c14-13(15,16)11-2-1-3-12(19-11)18-7-8-6-9(17)4-5-10(8)20/h1-6,20H,7,17H2,(H,18,19). The summed E-state index contributed by atoms with van der Waals surface area (Å²) in [7, 11) is 0. The van der Waals surface area contributed by atoms with Gasteiger partial charge in [0.1, 0.15) is 17.3 Å². The number of nitrogens with one attached hydrogen (secondary N) is 1. The van der Waals surface area contributed by atoms with Gasteiger partial charge in [-0.15, -0.1) is 0 Å². The lowest BCUT2D eigenvalue weighted by Crippen LogP contribution is -2.10. The third-order valence-electron chi connectivity index (χ3n) is 2.60. The fourth-order valence-corrected chi connectivity index (χ4v) is 1.62. The van der Waals surface area contributed by atoms with Crippen LogP contribution in [0.4, 0.5) is 24.7 Å². The zero-order valence-electron chi connectivity index (χ0n) is 10.3. The predicted molar refractivity (Wildman–Crippen MR) is 69.1 cm³/mol. The Kier molecular flexibility index (Phi) is 3.69. The second kappa shape index (κ2) is 5.28. The minimum atomic E-state index is -4.49. The van der Waals surface area contributed by atoms with E-state index in [4.69, 9.17) is 5.73 Å². The van der Waals surface area contributed by atoms with Gasteiger partial charge in [-0.3, -0.25) is 0 Å². The number of nitrogens with zero attached hydrogens (tertiary/aromatic N) is 1. The first-order valence-electron chi connectivity index (χ1n) is 5.72. The average molecular weight is 283 g/mol. The molecule has 0 aliphatic heterocycles. The van der Waals surface area contributed by atoms with Gasteiger partial charge in [0, 0.05) is 17.8 Å². The van der Waals surface area contributed by atoms with Gasteiger partial charge in [0.15, 0.2) is 0 Å². The molecule has 0 aliphatic carbocycles. The van der Waals surface area contributed by atoms with Gasteiger partial charge in [-0.25, -0.2) is 4.98 Å². The van der Waals surface area contributed by atoms with Crippen LogP contribution in [0.3, 0.4) is 0 Å². The highest BCUT2D eigenvalue weighted by atomic mass is 19.4. The second-order valence-corrected chi connectivity index (χ2v) is 4.15. The quantitative estimate of drug-likeness (QED) is 0.598. The maximum Gasteiger partial charge on any atom is 0.433 e. The topological polar surface area (TPSA) is 71.2 Å². The van der Waals surface area contributed by atoms with Crippen molar-refractivity contribution in [3.05, 3.63) is 47.7 Å². The largest absolute Gasteiger partial charge is 0.508 e. The van der Waals surface area contributed by atoms with Crippen LogP contribution in [-0.4, -0.2) is 10.1 Å². The molecular formula is C13H12F3N3O. The molecule has 2 aromatic rings. The summed E-state index contributed by atoms with van der Waals surface area (Å²) in [4.78, 5) is 3.46. The van der Waals surface area contributed by atoms with Crippen molar-refractivity contribution in [3.8, 4) is 5.75 Å². The Morgan fingerprint density at radius 1 is 1.20 bits per heavy atom. The average Bonchev–Trinajstić information content (AvgIpc) is 2.39. The summed E-state index contributed by atoms with van der Waals surface area (Å²) >= 11 is 0. The second-order valence-electron chi connectivity index (χ2n) is 4.15. The summed E-state index contributed by atoms with van der Waals surface area (Å²) in [6, 6.07) is 8.06. The molecule has 106 valence electrons. The number of halogens is 3. The number of aromatic hydroxyl groups is 1. The van der Waals surface area contributed by atoms with E-state index in [9.17, 15) is 18.3 Å². The lowest BCUT2D eigenvalue weighted by molar-refractivity contribution is -0.141. The molecule has 1 aromatic carbocycles. The summed E-state index contributed by atoms with van der Waals surface area (Å²) in [5.41, 5.74) is 5.53. The molecule has 0 saturated carbocycles. The van der Waals surface area contributed by atoms with Crippen LogP contribution in [0.25, 0.3) is 0 Å². The van der Waals surface area contributed by atoms with E-state index in [-0.39, 0.29) is 18.1 Å². The Morgan fingerprint density at radius 2 is 1.95 bits per heavy atom. The van der Waals surface area contributed by atoms with Gasteiger partial charge in [0.05, 0.1) is 0 Å². The fourth-order valence-electron chi connectivity index (χ4n) is 1.62. The summed E-state index contributed by atoms with van der Waals surface area (Å²) in [5.74, 6) is 0.0836. The smallest absolute Gasteiger partial charge is 0.433 e. The van der Waals surface area contributed by atoms with E-state index in [0.29, 0.717) is 11.3 Å². The van der Waals surface area contributed by atoms with Gasteiger partial charge in [-0.05, 0) is 30.3 Å². The molecule has 4 N–H and O–H groups in total. The van der Waals surface area contributed by atoms with E-state index in [1.165, 1.54) is 30.3 Å². The molecule has 0 bridgehead atoms. The van der Waals surface area contributed by atoms with E-state index < -0.39 is 11.9 Å². The number of hydrogen-bond acceptors (Lipinski definition) is 4. The maximum atomic E-state index is 12.5. The summed E-state index contributed by atoms with van der Waals surface area (Å²) in [6.07, 6.45) is -4.49. The number of hydrogen-bond donors (Lipinski definition) is 3. The number of rotatable bonds is 3. The lowest BCUT2D eigenvalue weighted by Gasteiger charge is -2.10. The molecular weight excluding hydrogens is 271 g/mol. The Balaban J connectivity index is 2.13. The number of phenols is 1. The molecule has 2 rings (SSSR count). The highest BCUT2D eigenvalue weighted by Gasteiger charge is 2.32. The number of pyridine rings is 1. The number of nitrogens with two attached hydrogens (primary N) is 1. The van der Waals surface area contributed by atoms with E-state index in [1.54, 1.807) is 0 Å². The zero-order valence-corrected chi connectivity index (χ0v) is 10.3. The normalized spacial score (nSPS) is 11.3. The first kappa shape index (κ1) is 14.0. The monoisotopic (exact) mass is 283 g/mol. The third kappa shape index (κ3) is 3.31. The lowest BCUT2D eigenvalue weighted by atomic mass is 10.2. The van der Waals surface area contributed by atoms with Gasteiger partial charge in [-0.2, -0.15) is 13.2 Å². The van der Waals surface area contributed by atoms with Gasteiger partial charge >= 0.3 is 6.18 Å². The van der Waals surface area contributed by atoms with E-state index >= 15 is 0 Å². The van der Waals surface area contributed by atoms with Crippen molar-refractivity contribution in [1.82, 2.24) is 4.98 Å². The summed E-state index contributed by atoms with van der Waals surface area (Å²) in [5, 5.41) is 12.3. The number of phenolic OH excluding ortho intramolecular Hbond substituents is 1. The zero-order chi connectivity index (χ0) is 14.8. The molecule has 0 saturated heterocycles. The van der Waals surface area contributed by atoms with Gasteiger partial charge in [-0.1, -0.05) is 6.07 Å². The number of aromatic nitrogens is 1. The molecule has 0 unspecified atom stereocenters. The predicted octanol–water partition coefficient (Wildman–Crippen LogP) is 3.00. The molecule has 1 heterocycles.